The van der Waals surface area contributed by atoms with Gasteiger partial charge in [-0.1, -0.05) is 35.4 Å². The Morgan fingerprint density at radius 1 is 1.00 bits per heavy atom. The lowest BCUT2D eigenvalue weighted by Gasteiger charge is -2.13. The van der Waals surface area contributed by atoms with Crippen LogP contribution in [-0.4, -0.2) is 7.11 Å². The molecule has 0 spiro atoms. The van der Waals surface area contributed by atoms with E-state index in [9.17, 15) is 0 Å². The molecule has 0 aliphatic rings. The van der Waals surface area contributed by atoms with E-state index in [0.29, 0.717) is 13.2 Å². The van der Waals surface area contributed by atoms with Gasteiger partial charge in [0, 0.05) is 18.2 Å². The molecule has 0 atom stereocenters. The van der Waals surface area contributed by atoms with Crippen molar-refractivity contribution >= 4 is 0 Å². The summed E-state index contributed by atoms with van der Waals surface area (Å²) < 4.78 is 11.1. The lowest BCUT2D eigenvalue weighted by molar-refractivity contribution is 0.300. The zero-order chi connectivity index (χ0) is 14.5. The van der Waals surface area contributed by atoms with Gasteiger partial charge in [-0.15, -0.1) is 0 Å². The van der Waals surface area contributed by atoms with E-state index in [1.165, 1.54) is 11.1 Å². The number of nitrogens with two attached hydrogens (primary N) is 1. The molecule has 0 radical (unpaired) electrons. The molecule has 2 aromatic carbocycles. The number of ether oxygens (including phenoxy) is 2. The average molecular weight is 271 g/mol. The van der Waals surface area contributed by atoms with Crippen LogP contribution in [0.5, 0.6) is 11.5 Å². The zero-order valence-corrected chi connectivity index (χ0v) is 12.3. The Balaban J connectivity index is 2.17. The highest BCUT2D eigenvalue weighted by Crippen LogP contribution is 2.25. The van der Waals surface area contributed by atoms with Gasteiger partial charge < -0.3 is 15.2 Å². The topological polar surface area (TPSA) is 44.5 Å². The molecule has 0 unspecified atom stereocenters. The Morgan fingerprint density at radius 3 is 2.30 bits per heavy atom. The number of hydrogen-bond donors (Lipinski definition) is 1. The first-order valence-corrected chi connectivity index (χ1v) is 6.69. The predicted molar refractivity (Wildman–Crippen MR) is 81.1 cm³/mol. The summed E-state index contributed by atoms with van der Waals surface area (Å²) in [5.74, 6) is 1.56. The monoisotopic (exact) mass is 271 g/mol. The van der Waals surface area contributed by atoms with Gasteiger partial charge in [0.05, 0.1) is 7.11 Å². The minimum absolute atomic E-state index is 0.451. The minimum Gasteiger partial charge on any atom is -0.497 e. The highest BCUT2D eigenvalue weighted by molar-refractivity contribution is 5.41. The van der Waals surface area contributed by atoms with E-state index in [-0.39, 0.29) is 0 Å². The molecule has 0 saturated carbocycles. The maximum atomic E-state index is 5.91. The normalized spacial score (nSPS) is 10.4. The van der Waals surface area contributed by atoms with Crippen molar-refractivity contribution in [3.8, 4) is 11.5 Å². The van der Waals surface area contributed by atoms with Gasteiger partial charge in [-0.05, 0) is 25.5 Å². The second kappa shape index (κ2) is 6.44. The van der Waals surface area contributed by atoms with Gasteiger partial charge in [-0.25, -0.2) is 0 Å². The molecule has 3 heteroatoms. The van der Waals surface area contributed by atoms with Gasteiger partial charge >= 0.3 is 0 Å². The van der Waals surface area contributed by atoms with Crippen LogP contribution in [0, 0.1) is 13.8 Å². The Labute approximate surface area is 120 Å². The quantitative estimate of drug-likeness (QED) is 0.907. The Morgan fingerprint density at radius 2 is 1.70 bits per heavy atom. The smallest absolute Gasteiger partial charge is 0.127 e. The molecule has 0 aliphatic heterocycles. The summed E-state index contributed by atoms with van der Waals surface area (Å²) in [5.41, 5.74) is 10.4. The number of benzene rings is 2. The maximum Gasteiger partial charge on any atom is 0.127 e. The predicted octanol–water partition coefficient (Wildman–Crippen LogP) is 3.35. The highest BCUT2D eigenvalue weighted by Gasteiger charge is 2.05. The summed E-state index contributed by atoms with van der Waals surface area (Å²) >= 11 is 0. The van der Waals surface area contributed by atoms with Crippen molar-refractivity contribution in [2.75, 3.05) is 7.11 Å². The first-order chi connectivity index (χ1) is 9.62. The molecule has 3 nitrogen and oxygen atoms in total. The molecule has 2 aromatic rings. The zero-order valence-electron chi connectivity index (χ0n) is 12.3. The fourth-order valence-corrected chi connectivity index (χ4v) is 2.28. The Hall–Kier alpha value is -2.00. The third kappa shape index (κ3) is 3.52. The van der Waals surface area contributed by atoms with Gasteiger partial charge in [0.2, 0.25) is 0 Å². The minimum atomic E-state index is 0.451. The van der Waals surface area contributed by atoms with Gasteiger partial charge in [0.15, 0.2) is 0 Å². The molecule has 2 N–H and O–H groups in total. The van der Waals surface area contributed by atoms with E-state index in [2.05, 4.69) is 32.0 Å². The Bertz CT molecular complexity index is 573. The average Bonchev–Trinajstić information content (AvgIpc) is 2.43. The number of hydrogen-bond acceptors (Lipinski definition) is 3. The van der Waals surface area contributed by atoms with Crippen molar-refractivity contribution in [2.24, 2.45) is 5.73 Å². The van der Waals surface area contributed by atoms with Crippen LogP contribution in [0.15, 0.2) is 36.4 Å². The van der Waals surface area contributed by atoms with E-state index in [0.717, 1.165) is 22.6 Å². The van der Waals surface area contributed by atoms with Gasteiger partial charge in [0.1, 0.15) is 18.1 Å². The van der Waals surface area contributed by atoms with Crippen LogP contribution < -0.4 is 15.2 Å². The van der Waals surface area contributed by atoms with Crippen molar-refractivity contribution in [3.05, 3.63) is 58.7 Å². The number of methoxy groups -OCH3 is 1. The van der Waals surface area contributed by atoms with E-state index < -0.39 is 0 Å². The fraction of sp³-hybridized carbons (Fsp3) is 0.294. The molecule has 0 amide bonds. The largest absolute Gasteiger partial charge is 0.497 e. The van der Waals surface area contributed by atoms with E-state index in [1.807, 2.05) is 18.2 Å². The molecule has 0 bridgehead atoms. The van der Waals surface area contributed by atoms with Crippen LogP contribution in [0.4, 0.5) is 0 Å². The van der Waals surface area contributed by atoms with E-state index >= 15 is 0 Å². The Kier molecular flexibility index (Phi) is 4.64. The van der Waals surface area contributed by atoms with Crippen molar-refractivity contribution < 1.29 is 9.47 Å². The highest BCUT2D eigenvalue weighted by atomic mass is 16.5. The summed E-state index contributed by atoms with van der Waals surface area (Å²) in [7, 11) is 1.64. The summed E-state index contributed by atoms with van der Waals surface area (Å²) in [6, 6.07) is 12.1. The summed E-state index contributed by atoms with van der Waals surface area (Å²) in [6.45, 7) is 5.16. The SMILES string of the molecule is COc1ccc(CN)c(OCc2cc(C)cc(C)c2)c1. The van der Waals surface area contributed by atoms with E-state index in [1.54, 1.807) is 7.11 Å². The van der Waals surface area contributed by atoms with Gasteiger partial charge in [-0.2, -0.15) is 0 Å². The molecule has 20 heavy (non-hydrogen) atoms. The van der Waals surface area contributed by atoms with Crippen LogP contribution in [0.3, 0.4) is 0 Å². The molecule has 106 valence electrons. The molecule has 0 fully saturated rings. The molecule has 0 aliphatic carbocycles. The molecular weight excluding hydrogens is 250 g/mol. The summed E-state index contributed by atoms with van der Waals surface area (Å²) in [5, 5.41) is 0. The fourth-order valence-electron chi connectivity index (χ4n) is 2.28. The second-order valence-corrected chi connectivity index (χ2v) is 4.96. The molecule has 0 saturated heterocycles. The lowest BCUT2D eigenvalue weighted by atomic mass is 10.1. The van der Waals surface area contributed by atoms with Crippen LogP contribution in [0.1, 0.15) is 22.3 Å². The summed E-state index contributed by atoms with van der Waals surface area (Å²) in [6.07, 6.45) is 0. The van der Waals surface area contributed by atoms with Crippen LogP contribution in [-0.2, 0) is 13.2 Å². The number of rotatable bonds is 5. The molecule has 2 rings (SSSR count). The standard InChI is InChI=1S/C17H21NO2/c1-12-6-13(2)8-14(7-12)11-20-17-9-16(19-3)5-4-15(17)10-18/h4-9H,10-11,18H2,1-3H3. The van der Waals surface area contributed by atoms with Crippen molar-refractivity contribution in [2.45, 2.75) is 27.0 Å². The third-order valence-corrected chi connectivity index (χ3v) is 3.17. The van der Waals surface area contributed by atoms with E-state index in [4.69, 9.17) is 15.2 Å². The van der Waals surface area contributed by atoms with Crippen molar-refractivity contribution in [3.63, 3.8) is 0 Å². The molecule has 0 heterocycles. The first-order valence-electron chi connectivity index (χ1n) is 6.69. The van der Waals surface area contributed by atoms with Gasteiger partial charge in [0.25, 0.3) is 0 Å². The molecular formula is C17H21NO2. The van der Waals surface area contributed by atoms with Gasteiger partial charge in [-0.3, -0.25) is 0 Å². The van der Waals surface area contributed by atoms with Crippen LogP contribution in [0.2, 0.25) is 0 Å². The number of aryl methyl sites for hydroxylation is 2. The van der Waals surface area contributed by atoms with Crippen LogP contribution >= 0.6 is 0 Å². The van der Waals surface area contributed by atoms with Crippen LogP contribution in [0.25, 0.3) is 0 Å². The second-order valence-electron chi connectivity index (χ2n) is 4.96. The summed E-state index contributed by atoms with van der Waals surface area (Å²) in [4.78, 5) is 0. The lowest BCUT2D eigenvalue weighted by Crippen LogP contribution is -2.03. The first kappa shape index (κ1) is 14.4. The van der Waals surface area contributed by atoms with Crippen molar-refractivity contribution in [1.82, 2.24) is 0 Å². The third-order valence-electron chi connectivity index (χ3n) is 3.17. The van der Waals surface area contributed by atoms with Crippen molar-refractivity contribution in [1.29, 1.82) is 0 Å². The maximum absolute atomic E-state index is 5.91. The molecule has 0 aromatic heterocycles.